The maximum Gasteiger partial charge on any atom is 0.277 e. The van der Waals surface area contributed by atoms with Gasteiger partial charge in [-0.3, -0.25) is 9.78 Å². The first-order valence-corrected chi connectivity index (χ1v) is 7.90. The zero-order valence-corrected chi connectivity index (χ0v) is 13.2. The molecule has 0 spiro atoms. The molecule has 24 heavy (non-hydrogen) atoms. The van der Waals surface area contributed by atoms with Crippen molar-refractivity contribution < 1.29 is 9.21 Å². The molecule has 2 aromatic heterocycles. The highest BCUT2D eigenvalue weighted by atomic mass is 32.2. The van der Waals surface area contributed by atoms with E-state index < -0.39 is 0 Å². The van der Waals surface area contributed by atoms with Crippen molar-refractivity contribution >= 4 is 23.4 Å². The molecule has 0 aliphatic rings. The molecule has 0 aliphatic heterocycles. The molecule has 2 heterocycles. The summed E-state index contributed by atoms with van der Waals surface area (Å²) in [5.74, 6) is 0.273. The molecule has 1 amide bonds. The van der Waals surface area contributed by atoms with Gasteiger partial charge in [-0.1, -0.05) is 17.8 Å². The number of benzene rings is 1. The number of rotatable bonds is 5. The summed E-state index contributed by atoms with van der Waals surface area (Å²) in [4.78, 5) is 15.9. The number of nitrogens with one attached hydrogen (secondary N) is 1. The van der Waals surface area contributed by atoms with Crippen LogP contribution in [0.25, 0.3) is 11.5 Å². The largest absolute Gasteiger partial charge is 0.411 e. The van der Waals surface area contributed by atoms with Gasteiger partial charge in [0.05, 0.1) is 17.4 Å². The summed E-state index contributed by atoms with van der Waals surface area (Å²) in [6.45, 7) is 0. The number of amides is 1. The third kappa shape index (κ3) is 3.97. The fourth-order valence-corrected chi connectivity index (χ4v) is 2.43. The third-order valence-corrected chi connectivity index (χ3v) is 3.75. The summed E-state index contributed by atoms with van der Waals surface area (Å²) in [5, 5.41) is 19.7. The number of hydrogen-bond donors (Lipinski definition) is 1. The van der Waals surface area contributed by atoms with Crippen LogP contribution in [0, 0.1) is 11.3 Å². The van der Waals surface area contributed by atoms with Gasteiger partial charge in [0.2, 0.25) is 11.8 Å². The molecule has 3 rings (SSSR count). The quantitative estimate of drug-likeness (QED) is 0.714. The lowest BCUT2D eigenvalue weighted by Crippen LogP contribution is -2.14. The zero-order chi connectivity index (χ0) is 16.8. The van der Waals surface area contributed by atoms with Gasteiger partial charge >= 0.3 is 0 Å². The number of hydrogen-bond acceptors (Lipinski definition) is 7. The van der Waals surface area contributed by atoms with Gasteiger partial charge in [-0.05, 0) is 30.3 Å². The first-order chi connectivity index (χ1) is 11.7. The number of nitriles is 1. The van der Waals surface area contributed by atoms with Gasteiger partial charge in [0.25, 0.3) is 5.22 Å². The second kappa shape index (κ2) is 7.39. The molecular formula is C16H11N5O2S. The van der Waals surface area contributed by atoms with Crippen molar-refractivity contribution in [2.45, 2.75) is 5.22 Å². The second-order valence-corrected chi connectivity index (χ2v) is 5.57. The summed E-state index contributed by atoms with van der Waals surface area (Å²) < 4.78 is 5.50. The predicted octanol–water partition coefficient (Wildman–Crippen LogP) is 2.73. The van der Waals surface area contributed by atoms with Gasteiger partial charge in [-0.15, -0.1) is 10.2 Å². The molecule has 0 fully saturated rings. The van der Waals surface area contributed by atoms with Crippen LogP contribution in [0.4, 0.5) is 5.69 Å². The van der Waals surface area contributed by atoms with Crippen LogP contribution >= 0.6 is 11.8 Å². The van der Waals surface area contributed by atoms with E-state index in [0.717, 1.165) is 17.3 Å². The highest BCUT2D eigenvalue weighted by Gasteiger charge is 2.11. The normalized spacial score (nSPS) is 10.1. The Labute approximate surface area is 141 Å². The molecule has 1 aromatic carbocycles. The van der Waals surface area contributed by atoms with Gasteiger partial charge in [-0.2, -0.15) is 5.26 Å². The number of carbonyl (C=O) groups excluding carboxylic acids is 1. The van der Waals surface area contributed by atoms with E-state index in [1.807, 2.05) is 6.07 Å². The van der Waals surface area contributed by atoms with Crippen LogP contribution in [0.2, 0.25) is 0 Å². The number of pyridine rings is 1. The minimum absolute atomic E-state index is 0.120. The van der Waals surface area contributed by atoms with Crippen molar-refractivity contribution in [2.24, 2.45) is 0 Å². The minimum atomic E-state index is -0.223. The molecule has 0 radical (unpaired) electrons. The summed E-state index contributed by atoms with van der Waals surface area (Å²) >= 11 is 1.14. The molecule has 0 unspecified atom stereocenters. The first kappa shape index (κ1) is 15.7. The molecule has 0 aliphatic carbocycles. The van der Waals surface area contributed by atoms with E-state index in [0.29, 0.717) is 22.4 Å². The molecule has 0 bridgehead atoms. The van der Waals surface area contributed by atoms with Crippen LogP contribution in [0.1, 0.15) is 5.56 Å². The molecule has 0 saturated heterocycles. The Morgan fingerprint density at radius 1 is 1.25 bits per heavy atom. The first-order valence-electron chi connectivity index (χ1n) is 6.91. The molecule has 1 N–H and O–H groups in total. The van der Waals surface area contributed by atoms with Crippen molar-refractivity contribution in [3.8, 4) is 17.5 Å². The SMILES string of the molecule is N#Cc1cccc(NC(=O)CSc2nnc(-c3ccncc3)o2)c1. The van der Waals surface area contributed by atoms with Crippen molar-refractivity contribution in [3.63, 3.8) is 0 Å². The molecular weight excluding hydrogens is 326 g/mol. The van der Waals surface area contributed by atoms with Crippen molar-refractivity contribution in [3.05, 3.63) is 54.4 Å². The van der Waals surface area contributed by atoms with Crippen LogP contribution in [0.5, 0.6) is 0 Å². The van der Waals surface area contributed by atoms with E-state index in [2.05, 4.69) is 20.5 Å². The average Bonchev–Trinajstić information content (AvgIpc) is 3.10. The minimum Gasteiger partial charge on any atom is -0.411 e. The average molecular weight is 337 g/mol. The van der Waals surface area contributed by atoms with E-state index in [-0.39, 0.29) is 11.7 Å². The summed E-state index contributed by atoms with van der Waals surface area (Å²) in [5.41, 5.74) is 1.82. The lowest BCUT2D eigenvalue weighted by molar-refractivity contribution is -0.113. The van der Waals surface area contributed by atoms with Crippen molar-refractivity contribution in [1.29, 1.82) is 5.26 Å². The Morgan fingerprint density at radius 2 is 2.08 bits per heavy atom. The second-order valence-electron chi connectivity index (χ2n) is 4.64. The maximum atomic E-state index is 11.9. The van der Waals surface area contributed by atoms with Crippen molar-refractivity contribution in [1.82, 2.24) is 15.2 Å². The number of aromatic nitrogens is 3. The molecule has 0 saturated carbocycles. The van der Waals surface area contributed by atoms with Crippen LogP contribution in [-0.2, 0) is 4.79 Å². The molecule has 8 heteroatoms. The fraction of sp³-hybridized carbons (Fsp3) is 0.0625. The Balaban J connectivity index is 1.57. The Morgan fingerprint density at radius 3 is 2.88 bits per heavy atom. The smallest absolute Gasteiger partial charge is 0.277 e. The number of nitrogens with zero attached hydrogens (tertiary/aromatic N) is 4. The number of anilines is 1. The van der Waals surface area contributed by atoms with Crippen LogP contribution in [0.3, 0.4) is 0 Å². The molecule has 0 atom stereocenters. The van der Waals surface area contributed by atoms with Gasteiger partial charge in [0, 0.05) is 23.6 Å². The monoisotopic (exact) mass is 337 g/mol. The Kier molecular flexibility index (Phi) is 4.84. The fourth-order valence-electron chi connectivity index (χ4n) is 1.87. The molecule has 118 valence electrons. The zero-order valence-electron chi connectivity index (χ0n) is 12.3. The van der Waals surface area contributed by atoms with Gasteiger partial charge in [0.15, 0.2) is 0 Å². The number of carbonyl (C=O) groups is 1. The Hall–Kier alpha value is -3.18. The van der Waals surface area contributed by atoms with E-state index in [9.17, 15) is 4.79 Å². The van der Waals surface area contributed by atoms with Crippen LogP contribution in [0.15, 0.2) is 58.4 Å². The number of thioether (sulfide) groups is 1. The lowest BCUT2D eigenvalue weighted by atomic mass is 10.2. The van der Waals surface area contributed by atoms with Gasteiger partial charge in [0.1, 0.15) is 0 Å². The molecule has 7 nitrogen and oxygen atoms in total. The van der Waals surface area contributed by atoms with Gasteiger partial charge in [-0.25, -0.2) is 0 Å². The standard InChI is InChI=1S/C16H11N5O2S/c17-9-11-2-1-3-13(8-11)19-14(22)10-24-16-21-20-15(23-16)12-4-6-18-7-5-12/h1-8H,10H2,(H,19,22). The summed E-state index contributed by atoms with van der Waals surface area (Å²) in [6.07, 6.45) is 3.27. The van der Waals surface area contributed by atoms with Crippen LogP contribution in [-0.4, -0.2) is 26.8 Å². The van der Waals surface area contributed by atoms with E-state index >= 15 is 0 Å². The van der Waals surface area contributed by atoms with E-state index in [1.165, 1.54) is 0 Å². The Bertz CT molecular complexity index is 889. The van der Waals surface area contributed by atoms with Crippen molar-refractivity contribution in [2.75, 3.05) is 11.1 Å². The van der Waals surface area contributed by atoms with Crippen LogP contribution < -0.4 is 5.32 Å². The van der Waals surface area contributed by atoms with E-state index in [4.69, 9.17) is 9.68 Å². The predicted molar refractivity (Wildman–Crippen MR) is 88.0 cm³/mol. The maximum absolute atomic E-state index is 11.9. The topological polar surface area (TPSA) is 105 Å². The molecule has 3 aromatic rings. The van der Waals surface area contributed by atoms with E-state index in [1.54, 1.807) is 48.8 Å². The highest BCUT2D eigenvalue weighted by Crippen LogP contribution is 2.22. The highest BCUT2D eigenvalue weighted by molar-refractivity contribution is 7.99. The third-order valence-electron chi connectivity index (χ3n) is 2.94. The summed E-state index contributed by atoms with van der Waals surface area (Å²) in [7, 11) is 0. The lowest BCUT2D eigenvalue weighted by Gasteiger charge is -2.03. The summed E-state index contributed by atoms with van der Waals surface area (Å²) in [6, 6.07) is 12.3. The van der Waals surface area contributed by atoms with Gasteiger partial charge < -0.3 is 9.73 Å².